The van der Waals surface area contributed by atoms with Crippen LogP contribution in [0.3, 0.4) is 0 Å². The minimum absolute atomic E-state index is 0.0943. The first kappa shape index (κ1) is 16.0. The lowest BCUT2D eigenvalue weighted by molar-refractivity contribution is -0.141. The highest BCUT2D eigenvalue weighted by atomic mass is 16.4. The zero-order valence-electron chi connectivity index (χ0n) is 12.5. The first-order valence-corrected chi connectivity index (χ1v) is 7.69. The molecule has 0 aliphatic carbocycles. The number of carbonyl (C=O) groups excluding carboxylic acids is 1. The Bertz CT molecular complexity index is 382. The fraction of sp³-hybridized carbons (Fsp3) is 0.857. The Balaban J connectivity index is 1.78. The molecule has 21 heavy (non-hydrogen) atoms. The Morgan fingerprint density at radius 2 is 1.95 bits per heavy atom. The van der Waals surface area contributed by atoms with E-state index in [1.54, 1.807) is 0 Å². The predicted molar refractivity (Wildman–Crippen MR) is 77.0 cm³/mol. The van der Waals surface area contributed by atoms with E-state index < -0.39 is 18.1 Å². The summed E-state index contributed by atoms with van der Waals surface area (Å²) in [5, 5.41) is 21.5. The average Bonchev–Trinajstić information content (AvgIpc) is 2.87. The van der Waals surface area contributed by atoms with E-state index in [1.165, 1.54) is 4.90 Å². The lowest BCUT2D eigenvalue weighted by Gasteiger charge is -2.31. The second-order valence-electron chi connectivity index (χ2n) is 5.96. The number of amides is 2. The number of rotatable bonds is 4. The van der Waals surface area contributed by atoms with Crippen LogP contribution in [0.4, 0.5) is 4.79 Å². The van der Waals surface area contributed by atoms with Crippen molar-refractivity contribution < 1.29 is 19.8 Å². The molecule has 7 heteroatoms. The van der Waals surface area contributed by atoms with Crippen molar-refractivity contribution >= 4 is 12.0 Å². The number of nitrogens with zero attached hydrogens (tertiary/aromatic N) is 2. The summed E-state index contributed by atoms with van der Waals surface area (Å²) in [6, 6.07) is -1.29. The standard InChI is InChI=1S/C14H25N3O4/c1-2-16-5-3-10(4-6-16)8-15-14(21)17-9-11(18)7-12(17)13(19)20/h10-12,18H,2-9H2,1H3,(H,15,21)(H,19,20)/t11-,12-/m0/s1. The molecule has 2 amide bonds. The largest absolute Gasteiger partial charge is 0.480 e. The van der Waals surface area contributed by atoms with Gasteiger partial charge in [-0.05, 0) is 38.4 Å². The number of aliphatic carboxylic acids is 1. The highest BCUT2D eigenvalue weighted by molar-refractivity contribution is 5.83. The van der Waals surface area contributed by atoms with Crippen LogP contribution in [0.25, 0.3) is 0 Å². The summed E-state index contributed by atoms with van der Waals surface area (Å²) in [6.07, 6.45) is 1.47. The van der Waals surface area contributed by atoms with Crippen molar-refractivity contribution in [1.82, 2.24) is 15.1 Å². The second kappa shape index (κ2) is 7.09. The van der Waals surface area contributed by atoms with Gasteiger partial charge in [-0.25, -0.2) is 9.59 Å². The molecule has 0 unspecified atom stereocenters. The minimum atomic E-state index is -1.06. The molecule has 2 atom stereocenters. The number of carbonyl (C=O) groups is 2. The molecule has 2 aliphatic heterocycles. The van der Waals surface area contributed by atoms with Gasteiger partial charge in [0, 0.05) is 19.5 Å². The molecule has 3 N–H and O–H groups in total. The maximum atomic E-state index is 12.1. The van der Waals surface area contributed by atoms with Crippen LogP contribution < -0.4 is 5.32 Å². The van der Waals surface area contributed by atoms with Crippen LogP contribution in [0, 0.1) is 5.92 Å². The van der Waals surface area contributed by atoms with Crippen LogP contribution in [-0.4, -0.2) is 76.9 Å². The Kier molecular flexibility index (Phi) is 5.41. The van der Waals surface area contributed by atoms with Gasteiger partial charge in [-0.1, -0.05) is 6.92 Å². The Morgan fingerprint density at radius 1 is 1.29 bits per heavy atom. The van der Waals surface area contributed by atoms with Gasteiger partial charge in [0.15, 0.2) is 0 Å². The summed E-state index contributed by atoms with van der Waals surface area (Å²) < 4.78 is 0. The van der Waals surface area contributed by atoms with Gasteiger partial charge in [0.1, 0.15) is 6.04 Å². The van der Waals surface area contributed by atoms with E-state index in [0.717, 1.165) is 32.5 Å². The Labute approximate surface area is 124 Å². The van der Waals surface area contributed by atoms with Gasteiger partial charge >= 0.3 is 12.0 Å². The number of hydrogen-bond acceptors (Lipinski definition) is 4. The molecule has 7 nitrogen and oxygen atoms in total. The average molecular weight is 299 g/mol. The molecule has 120 valence electrons. The zero-order valence-corrected chi connectivity index (χ0v) is 12.5. The van der Waals surface area contributed by atoms with Gasteiger partial charge in [0.2, 0.25) is 0 Å². The Hall–Kier alpha value is -1.34. The highest BCUT2D eigenvalue weighted by Gasteiger charge is 2.39. The normalized spacial score (nSPS) is 27.8. The van der Waals surface area contributed by atoms with Gasteiger partial charge in [-0.2, -0.15) is 0 Å². The first-order valence-electron chi connectivity index (χ1n) is 7.69. The number of urea groups is 1. The third kappa shape index (κ3) is 4.07. The number of hydrogen-bond donors (Lipinski definition) is 3. The number of nitrogens with one attached hydrogen (secondary N) is 1. The summed E-state index contributed by atoms with van der Waals surface area (Å²) >= 11 is 0. The van der Waals surface area contributed by atoms with Gasteiger partial charge in [0.05, 0.1) is 6.10 Å². The zero-order chi connectivity index (χ0) is 15.4. The van der Waals surface area contributed by atoms with Crippen LogP contribution in [0.1, 0.15) is 26.2 Å². The predicted octanol–water partition coefficient (Wildman–Crippen LogP) is -0.0523. The van der Waals surface area contributed by atoms with Crippen LogP contribution in [-0.2, 0) is 4.79 Å². The summed E-state index contributed by atoms with van der Waals surface area (Å²) in [5.74, 6) is -0.606. The van der Waals surface area contributed by atoms with Crippen molar-refractivity contribution in [1.29, 1.82) is 0 Å². The number of carboxylic acid groups (broad SMARTS) is 1. The number of carboxylic acids is 1. The van der Waals surface area contributed by atoms with Gasteiger partial charge < -0.3 is 25.3 Å². The number of aliphatic hydroxyl groups excluding tert-OH is 1. The van der Waals surface area contributed by atoms with E-state index in [2.05, 4.69) is 17.1 Å². The van der Waals surface area contributed by atoms with E-state index in [4.69, 9.17) is 5.11 Å². The molecule has 0 aromatic heterocycles. The lowest BCUT2D eigenvalue weighted by atomic mass is 9.97. The summed E-state index contributed by atoms with van der Waals surface area (Å²) in [6.45, 7) is 5.98. The molecule has 0 radical (unpaired) electrons. The van der Waals surface area contributed by atoms with E-state index in [1.807, 2.05) is 0 Å². The Morgan fingerprint density at radius 3 is 2.52 bits per heavy atom. The van der Waals surface area contributed by atoms with Crippen molar-refractivity contribution in [2.75, 3.05) is 32.7 Å². The van der Waals surface area contributed by atoms with Crippen molar-refractivity contribution in [2.45, 2.75) is 38.3 Å². The summed E-state index contributed by atoms with van der Waals surface area (Å²) in [4.78, 5) is 26.8. The first-order chi connectivity index (χ1) is 10.0. The molecule has 2 rings (SSSR count). The van der Waals surface area contributed by atoms with Crippen molar-refractivity contribution in [3.63, 3.8) is 0 Å². The maximum absolute atomic E-state index is 12.1. The van der Waals surface area contributed by atoms with Crippen molar-refractivity contribution in [3.8, 4) is 0 Å². The van der Waals surface area contributed by atoms with E-state index >= 15 is 0 Å². The fourth-order valence-electron chi connectivity index (χ4n) is 3.11. The molecule has 2 saturated heterocycles. The van der Waals surface area contributed by atoms with E-state index in [9.17, 15) is 14.7 Å². The molecule has 0 aromatic rings. The topological polar surface area (TPSA) is 93.1 Å². The molecule has 2 aliphatic rings. The maximum Gasteiger partial charge on any atom is 0.326 e. The molecule has 0 bridgehead atoms. The van der Waals surface area contributed by atoms with Gasteiger partial charge in [-0.3, -0.25) is 0 Å². The highest BCUT2D eigenvalue weighted by Crippen LogP contribution is 2.19. The van der Waals surface area contributed by atoms with Crippen LogP contribution in [0.15, 0.2) is 0 Å². The smallest absolute Gasteiger partial charge is 0.326 e. The summed E-state index contributed by atoms with van der Waals surface area (Å²) in [7, 11) is 0. The molecule has 2 heterocycles. The lowest BCUT2D eigenvalue weighted by Crippen LogP contribution is -2.48. The molecule has 2 fully saturated rings. The van der Waals surface area contributed by atoms with E-state index in [-0.39, 0.29) is 19.0 Å². The minimum Gasteiger partial charge on any atom is -0.480 e. The number of aliphatic hydroxyl groups is 1. The van der Waals surface area contributed by atoms with E-state index in [0.29, 0.717) is 12.5 Å². The summed E-state index contributed by atoms with van der Waals surface area (Å²) in [5.41, 5.74) is 0. The third-order valence-corrected chi connectivity index (χ3v) is 4.52. The third-order valence-electron chi connectivity index (χ3n) is 4.52. The molecular weight excluding hydrogens is 274 g/mol. The molecule has 0 saturated carbocycles. The van der Waals surface area contributed by atoms with Crippen molar-refractivity contribution in [3.05, 3.63) is 0 Å². The fourth-order valence-corrected chi connectivity index (χ4v) is 3.11. The molecule has 0 aromatic carbocycles. The van der Waals surface area contributed by atoms with Crippen molar-refractivity contribution in [2.24, 2.45) is 5.92 Å². The van der Waals surface area contributed by atoms with Crippen LogP contribution >= 0.6 is 0 Å². The second-order valence-corrected chi connectivity index (χ2v) is 5.96. The quantitative estimate of drug-likeness (QED) is 0.677. The number of piperidine rings is 1. The number of β-amino-alcohol motifs (C(OH)–C–C–N with tert-alkyl or cyclic N) is 1. The van der Waals surface area contributed by atoms with Crippen LogP contribution in [0.5, 0.6) is 0 Å². The van der Waals surface area contributed by atoms with Crippen LogP contribution in [0.2, 0.25) is 0 Å². The SMILES string of the molecule is CCN1CCC(CNC(=O)N2C[C@@H](O)C[C@H]2C(=O)O)CC1. The van der Waals surface area contributed by atoms with Gasteiger partial charge in [0.25, 0.3) is 0 Å². The number of likely N-dealkylation sites (tertiary alicyclic amines) is 2. The van der Waals surface area contributed by atoms with Gasteiger partial charge in [-0.15, -0.1) is 0 Å². The molecular formula is C14H25N3O4. The molecule has 0 spiro atoms. The monoisotopic (exact) mass is 299 g/mol.